The summed E-state index contributed by atoms with van der Waals surface area (Å²) in [6, 6.07) is 21.4. The smallest absolute Gasteiger partial charge is 0.243 e. The van der Waals surface area contributed by atoms with E-state index in [1.165, 1.54) is 16.4 Å². The van der Waals surface area contributed by atoms with Gasteiger partial charge in [0.05, 0.1) is 11.4 Å². The topological polar surface area (TPSA) is 66.5 Å². The number of carbonyl (C=O) groups is 1. The second-order valence-corrected chi connectivity index (χ2v) is 9.93. The maximum absolute atomic E-state index is 13.3. The molecule has 0 atom stereocenters. The molecule has 7 heteroatoms. The molecule has 0 heterocycles. The predicted molar refractivity (Wildman–Crippen MR) is 123 cm³/mol. The summed E-state index contributed by atoms with van der Waals surface area (Å²) in [5, 5.41) is 2.82. The van der Waals surface area contributed by atoms with E-state index in [1.54, 1.807) is 18.2 Å². The molecule has 0 fully saturated rings. The lowest BCUT2D eigenvalue weighted by Gasteiger charge is -2.22. The van der Waals surface area contributed by atoms with Gasteiger partial charge in [0.2, 0.25) is 15.9 Å². The van der Waals surface area contributed by atoms with Crippen molar-refractivity contribution in [3.8, 4) is 0 Å². The molecule has 0 aromatic heterocycles. The standard InChI is InChI=1S/C23H23BrN2O3S/c1-17-7-9-19(10-8-17)15-26(30(28,29)21-13-11-20(24)12-14-21)16-23(27)25-22-6-4-3-5-18(22)2/h3-14H,15-16H2,1-2H3,(H,25,27). The molecule has 1 N–H and O–H groups in total. The van der Waals surface area contributed by atoms with Crippen molar-refractivity contribution < 1.29 is 13.2 Å². The molecule has 156 valence electrons. The fourth-order valence-electron chi connectivity index (χ4n) is 2.94. The number of aryl methyl sites for hydroxylation is 2. The second kappa shape index (κ2) is 9.55. The number of amides is 1. The maximum Gasteiger partial charge on any atom is 0.243 e. The Bertz CT molecular complexity index is 1130. The second-order valence-electron chi connectivity index (χ2n) is 7.08. The zero-order chi connectivity index (χ0) is 21.7. The third-order valence-corrected chi connectivity index (χ3v) is 7.00. The molecule has 0 aliphatic rings. The van der Waals surface area contributed by atoms with Crippen LogP contribution < -0.4 is 5.32 Å². The van der Waals surface area contributed by atoms with E-state index in [0.29, 0.717) is 5.69 Å². The third kappa shape index (κ3) is 5.56. The number of hydrogen-bond donors (Lipinski definition) is 1. The minimum Gasteiger partial charge on any atom is -0.325 e. The number of benzene rings is 3. The molecule has 0 aliphatic carbocycles. The van der Waals surface area contributed by atoms with Crippen LogP contribution in [-0.4, -0.2) is 25.2 Å². The number of para-hydroxylation sites is 1. The van der Waals surface area contributed by atoms with E-state index >= 15 is 0 Å². The highest BCUT2D eigenvalue weighted by Crippen LogP contribution is 2.21. The van der Waals surface area contributed by atoms with Crippen molar-refractivity contribution in [3.63, 3.8) is 0 Å². The van der Waals surface area contributed by atoms with Crippen LogP contribution in [0.2, 0.25) is 0 Å². The zero-order valence-electron chi connectivity index (χ0n) is 16.8. The van der Waals surface area contributed by atoms with Crippen LogP contribution in [0.5, 0.6) is 0 Å². The van der Waals surface area contributed by atoms with Crippen molar-refractivity contribution in [2.24, 2.45) is 0 Å². The van der Waals surface area contributed by atoms with E-state index in [0.717, 1.165) is 21.2 Å². The van der Waals surface area contributed by atoms with Crippen molar-refractivity contribution in [1.29, 1.82) is 0 Å². The summed E-state index contributed by atoms with van der Waals surface area (Å²) in [6.07, 6.45) is 0. The van der Waals surface area contributed by atoms with Crippen molar-refractivity contribution in [3.05, 3.63) is 94.0 Å². The highest BCUT2D eigenvalue weighted by molar-refractivity contribution is 9.10. The molecule has 3 rings (SSSR count). The van der Waals surface area contributed by atoms with Crippen LogP contribution in [0, 0.1) is 13.8 Å². The van der Waals surface area contributed by atoms with E-state index < -0.39 is 15.9 Å². The molecule has 3 aromatic carbocycles. The first-order valence-electron chi connectivity index (χ1n) is 9.42. The first-order chi connectivity index (χ1) is 14.3. The fourth-order valence-corrected chi connectivity index (χ4v) is 4.59. The molecular weight excluding hydrogens is 464 g/mol. The van der Waals surface area contributed by atoms with E-state index in [-0.39, 0.29) is 18.0 Å². The Morgan fingerprint density at radius 3 is 2.20 bits per heavy atom. The largest absolute Gasteiger partial charge is 0.325 e. The van der Waals surface area contributed by atoms with Gasteiger partial charge in [-0.1, -0.05) is 64.0 Å². The molecular formula is C23H23BrN2O3S. The summed E-state index contributed by atoms with van der Waals surface area (Å²) in [5.41, 5.74) is 3.47. The summed E-state index contributed by atoms with van der Waals surface area (Å²) in [7, 11) is -3.87. The Morgan fingerprint density at radius 2 is 1.57 bits per heavy atom. The average Bonchev–Trinajstić information content (AvgIpc) is 2.71. The van der Waals surface area contributed by atoms with Gasteiger partial charge in [0.15, 0.2) is 0 Å². The minimum atomic E-state index is -3.87. The van der Waals surface area contributed by atoms with Gasteiger partial charge in [-0.05, 0) is 55.3 Å². The van der Waals surface area contributed by atoms with Crippen molar-refractivity contribution in [1.82, 2.24) is 4.31 Å². The molecule has 0 unspecified atom stereocenters. The van der Waals surface area contributed by atoms with Gasteiger partial charge >= 0.3 is 0 Å². The van der Waals surface area contributed by atoms with E-state index in [4.69, 9.17) is 0 Å². The van der Waals surface area contributed by atoms with Crippen molar-refractivity contribution >= 4 is 37.5 Å². The molecule has 0 saturated carbocycles. The molecule has 0 aliphatic heterocycles. The molecule has 0 spiro atoms. The van der Waals surface area contributed by atoms with E-state index in [9.17, 15) is 13.2 Å². The van der Waals surface area contributed by atoms with Crippen LogP contribution in [0.1, 0.15) is 16.7 Å². The maximum atomic E-state index is 13.3. The first-order valence-corrected chi connectivity index (χ1v) is 11.7. The summed E-state index contributed by atoms with van der Waals surface area (Å²) in [4.78, 5) is 12.9. The van der Waals surface area contributed by atoms with E-state index in [1.807, 2.05) is 56.3 Å². The normalized spacial score (nSPS) is 11.5. The first kappa shape index (κ1) is 22.2. The van der Waals surface area contributed by atoms with Gasteiger partial charge in [0, 0.05) is 16.7 Å². The van der Waals surface area contributed by atoms with E-state index in [2.05, 4.69) is 21.2 Å². The third-order valence-electron chi connectivity index (χ3n) is 4.67. The Balaban J connectivity index is 1.88. The van der Waals surface area contributed by atoms with Gasteiger partial charge in [0.1, 0.15) is 0 Å². The van der Waals surface area contributed by atoms with Crippen LogP contribution in [0.15, 0.2) is 82.2 Å². The lowest BCUT2D eigenvalue weighted by atomic mass is 10.1. The number of anilines is 1. The molecule has 5 nitrogen and oxygen atoms in total. The van der Waals surface area contributed by atoms with Crippen molar-refractivity contribution in [2.75, 3.05) is 11.9 Å². The quantitative estimate of drug-likeness (QED) is 0.516. The molecule has 0 bridgehead atoms. The SMILES string of the molecule is Cc1ccc(CN(CC(=O)Nc2ccccc2C)S(=O)(=O)c2ccc(Br)cc2)cc1. The van der Waals surface area contributed by atoms with Gasteiger partial charge in [-0.2, -0.15) is 4.31 Å². The van der Waals surface area contributed by atoms with Crippen LogP contribution >= 0.6 is 15.9 Å². The minimum absolute atomic E-state index is 0.0971. The molecule has 0 saturated heterocycles. The lowest BCUT2D eigenvalue weighted by Crippen LogP contribution is -2.37. The fraction of sp³-hybridized carbons (Fsp3) is 0.174. The van der Waals surface area contributed by atoms with Gasteiger partial charge in [-0.15, -0.1) is 0 Å². The van der Waals surface area contributed by atoms with Crippen LogP contribution in [0.3, 0.4) is 0 Å². The average molecular weight is 487 g/mol. The highest BCUT2D eigenvalue weighted by Gasteiger charge is 2.27. The van der Waals surface area contributed by atoms with Crippen molar-refractivity contribution in [2.45, 2.75) is 25.3 Å². The Labute approximate surface area is 185 Å². The molecule has 1 amide bonds. The van der Waals surface area contributed by atoms with Crippen LogP contribution in [0.25, 0.3) is 0 Å². The summed E-state index contributed by atoms with van der Waals surface area (Å²) in [5.74, 6) is -0.392. The van der Waals surface area contributed by atoms with Gasteiger partial charge < -0.3 is 5.32 Å². The molecule has 30 heavy (non-hydrogen) atoms. The zero-order valence-corrected chi connectivity index (χ0v) is 19.2. The number of hydrogen-bond acceptors (Lipinski definition) is 3. The summed E-state index contributed by atoms with van der Waals surface area (Å²) >= 11 is 3.32. The van der Waals surface area contributed by atoms with Gasteiger partial charge in [0.25, 0.3) is 0 Å². The Morgan fingerprint density at radius 1 is 0.933 bits per heavy atom. The number of rotatable bonds is 7. The van der Waals surface area contributed by atoms with Crippen LogP contribution in [-0.2, 0) is 21.4 Å². The van der Waals surface area contributed by atoms with Gasteiger partial charge in [-0.25, -0.2) is 8.42 Å². The van der Waals surface area contributed by atoms with Crippen LogP contribution in [0.4, 0.5) is 5.69 Å². The number of carbonyl (C=O) groups excluding carboxylic acids is 1. The Hall–Kier alpha value is -2.48. The molecule has 3 aromatic rings. The number of halogens is 1. The highest BCUT2D eigenvalue weighted by atomic mass is 79.9. The number of nitrogens with zero attached hydrogens (tertiary/aromatic N) is 1. The number of sulfonamides is 1. The Kier molecular flexibility index (Phi) is 7.07. The summed E-state index contributed by atoms with van der Waals surface area (Å²) < 4.78 is 28.6. The lowest BCUT2D eigenvalue weighted by molar-refractivity contribution is -0.116. The molecule has 0 radical (unpaired) electrons. The monoisotopic (exact) mass is 486 g/mol. The summed E-state index contributed by atoms with van der Waals surface area (Å²) in [6.45, 7) is 3.66. The number of nitrogens with one attached hydrogen (secondary N) is 1. The predicted octanol–water partition coefficient (Wildman–Crippen LogP) is 4.90. The van der Waals surface area contributed by atoms with Gasteiger partial charge in [-0.3, -0.25) is 4.79 Å².